The van der Waals surface area contributed by atoms with Crippen molar-refractivity contribution < 1.29 is 0 Å². The third kappa shape index (κ3) is 5.72. The van der Waals surface area contributed by atoms with Crippen molar-refractivity contribution in [2.75, 3.05) is 80.7 Å². The summed E-state index contributed by atoms with van der Waals surface area (Å²) in [5, 5.41) is 31.3. The van der Waals surface area contributed by atoms with Crippen LogP contribution in [0.4, 0.5) is 28.7 Å². The van der Waals surface area contributed by atoms with Crippen LogP contribution < -0.4 is 32.4 Å². The second kappa shape index (κ2) is 13.0. The molecule has 0 bridgehead atoms. The van der Waals surface area contributed by atoms with Crippen LogP contribution in [0.15, 0.2) is 69.2 Å². The van der Waals surface area contributed by atoms with Gasteiger partial charge >= 0.3 is 0 Å². The Bertz CT molecular complexity index is 2370. The topological polar surface area (TPSA) is 162 Å². The predicted molar refractivity (Wildman–Crippen MR) is 210 cm³/mol. The molecule has 2 fully saturated rings. The number of hydrogen-bond donors (Lipinski definition) is 6. The molecular formula is C39H44N12O2. The first-order valence-corrected chi connectivity index (χ1v) is 18.9. The first-order chi connectivity index (χ1) is 26.0. The lowest BCUT2D eigenvalue weighted by Crippen LogP contribution is -2.44. The lowest BCUT2D eigenvalue weighted by Gasteiger charge is -2.35. The van der Waals surface area contributed by atoms with Crippen LogP contribution in [-0.2, 0) is 0 Å². The number of likely N-dealkylation sites (tertiary alicyclic amines) is 1. The van der Waals surface area contributed by atoms with Crippen LogP contribution in [0.25, 0.3) is 21.5 Å². The van der Waals surface area contributed by atoms with Crippen LogP contribution in [0.1, 0.15) is 42.3 Å². The minimum Gasteiger partial charge on any atom is -0.384 e. The number of amidine groups is 1. The van der Waals surface area contributed by atoms with Gasteiger partial charge < -0.3 is 21.3 Å². The number of para-hydroxylation sites is 1. The van der Waals surface area contributed by atoms with Crippen LogP contribution in [0.2, 0.25) is 0 Å². The maximum Gasteiger partial charge on any atom is 0.272 e. The number of aromatic amines is 2. The molecule has 272 valence electrons. The molecule has 0 spiro atoms. The molecule has 2 aromatic heterocycles. The monoisotopic (exact) mass is 712 g/mol. The zero-order valence-electron chi connectivity index (χ0n) is 29.8. The molecular weight excluding hydrogens is 669 g/mol. The molecule has 0 aliphatic carbocycles. The maximum absolute atomic E-state index is 13.5. The number of anilines is 4. The Labute approximate surface area is 306 Å². The zero-order chi connectivity index (χ0) is 35.6. The van der Waals surface area contributed by atoms with Gasteiger partial charge in [0, 0.05) is 56.1 Å². The molecule has 10 rings (SSSR count). The van der Waals surface area contributed by atoms with E-state index in [-0.39, 0.29) is 23.3 Å². The summed E-state index contributed by atoms with van der Waals surface area (Å²) in [7, 11) is 2.14. The Morgan fingerprint density at radius 1 is 0.736 bits per heavy atom. The number of piperidine rings is 1. The Kier molecular flexibility index (Phi) is 7.92. The number of nitrogens with one attached hydrogen (secondary N) is 6. The Balaban J connectivity index is 0.829. The minimum absolute atomic E-state index is 0.0487. The van der Waals surface area contributed by atoms with Gasteiger partial charge in [0.15, 0.2) is 11.6 Å². The summed E-state index contributed by atoms with van der Waals surface area (Å²) in [5.74, 6) is 3.39. The zero-order valence-corrected chi connectivity index (χ0v) is 29.8. The van der Waals surface area contributed by atoms with E-state index in [1.165, 1.54) is 24.1 Å². The Morgan fingerprint density at radius 2 is 1.57 bits per heavy atom. The first-order valence-electron chi connectivity index (χ1n) is 18.9. The average molecular weight is 713 g/mol. The lowest BCUT2D eigenvalue weighted by molar-refractivity contribution is 0.190. The van der Waals surface area contributed by atoms with Crippen LogP contribution in [0, 0.1) is 5.92 Å². The van der Waals surface area contributed by atoms with E-state index in [2.05, 4.69) is 99.8 Å². The van der Waals surface area contributed by atoms with Crippen molar-refractivity contribution in [3.63, 3.8) is 0 Å². The summed E-state index contributed by atoms with van der Waals surface area (Å²) in [6.07, 6.45) is 3.11. The molecule has 2 saturated heterocycles. The van der Waals surface area contributed by atoms with Crippen molar-refractivity contribution in [3.8, 4) is 0 Å². The van der Waals surface area contributed by atoms with E-state index in [1.54, 1.807) is 0 Å². The largest absolute Gasteiger partial charge is 0.384 e. The van der Waals surface area contributed by atoms with Crippen LogP contribution >= 0.6 is 0 Å². The smallest absolute Gasteiger partial charge is 0.272 e. The summed E-state index contributed by atoms with van der Waals surface area (Å²) in [4.78, 5) is 38.1. The second-order valence-electron chi connectivity index (χ2n) is 15.3. The molecule has 3 atom stereocenters. The molecule has 14 heteroatoms. The first kappa shape index (κ1) is 32.3. The van der Waals surface area contributed by atoms with E-state index in [4.69, 9.17) is 4.99 Å². The average Bonchev–Trinajstić information content (AvgIpc) is 3.53. The van der Waals surface area contributed by atoms with Crippen LogP contribution in [0.5, 0.6) is 0 Å². The summed E-state index contributed by atoms with van der Waals surface area (Å²) in [5.41, 5.74) is 5.19. The summed E-state index contributed by atoms with van der Waals surface area (Å²) in [6, 6.07) is 18.7. The highest BCUT2D eigenvalue weighted by Gasteiger charge is 2.34. The van der Waals surface area contributed by atoms with E-state index in [0.717, 1.165) is 92.3 Å². The van der Waals surface area contributed by atoms with Gasteiger partial charge in [0.2, 0.25) is 0 Å². The quantitative estimate of drug-likeness (QED) is 0.151. The number of aliphatic imine (C=N–C) groups is 1. The van der Waals surface area contributed by atoms with E-state index in [0.29, 0.717) is 34.2 Å². The molecule has 14 nitrogen and oxygen atoms in total. The highest BCUT2D eigenvalue weighted by atomic mass is 16.1. The molecule has 0 amide bonds. The van der Waals surface area contributed by atoms with Gasteiger partial charge in [-0.15, -0.1) is 0 Å². The normalized spacial score (nSPS) is 23.4. The third-order valence-electron chi connectivity index (χ3n) is 12.2. The van der Waals surface area contributed by atoms with Gasteiger partial charge in [-0.2, -0.15) is 10.2 Å². The van der Waals surface area contributed by atoms with Gasteiger partial charge in [-0.1, -0.05) is 30.3 Å². The number of nitrogens with zero attached hydrogens (tertiary/aromatic N) is 6. The summed E-state index contributed by atoms with van der Waals surface area (Å²) in [6.45, 7) is 7.13. The predicted octanol–water partition coefficient (Wildman–Crippen LogP) is 4.08. The van der Waals surface area contributed by atoms with Crippen molar-refractivity contribution in [2.24, 2.45) is 10.9 Å². The van der Waals surface area contributed by atoms with Crippen molar-refractivity contribution in [2.45, 2.75) is 37.4 Å². The summed E-state index contributed by atoms with van der Waals surface area (Å²) >= 11 is 0. The number of aromatic nitrogens is 4. The number of benzene rings is 3. The maximum atomic E-state index is 13.5. The SMILES string of the molecule is CN1CCN(CC2Nc3cccc4c(=O)[nH]nc(c34)N2)CCC1c1ccc2c3c(n[nH]c(=O)c13)N=C(CN1CCC(C3CNc4ccccc43)CC1)N2. The molecule has 6 N–H and O–H groups in total. The number of hydrogen-bond acceptors (Lipinski definition) is 12. The fourth-order valence-electron chi connectivity index (χ4n) is 9.47. The van der Waals surface area contributed by atoms with E-state index in [9.17, 15) is 9.59 Å². The molecule has 53 heavy (non-hydrogen) atoms. The Hall–Kier alpha value is -5.31. The highest BCUT2D eigenvalue weighted by Crippen LogP contribution is 2.41. The third-order valence-corrected chi connectivity index (χ3v) is 12.2. The van der Waals surface area contributed by atoms with Gasteiger partial charge in [-0.25, -0.2) is 15.2 Å². The lowest BCUT2D eigenvalue weighted by atomic mass is 9.81. The second-order valence-corrected chi connectivity index (χ2v) is 15.3. The minimum atomic E-state index is -0.194. The Morgan fingerprint density at radius 3 is 2.47 bits per heavy atom. The van der Waals surface area contributed by atoms with Crippen molar-refractivity contribution in [3.05, 3.63) is 86.4 Å². The fourth-order valence-corrected chi connectivity index (χ4v) is 9.47. The number of likely N-dealkylation sites (N-methyl/N-ethyl adjacent to an activating group) is 1. The molecule has 3 aromatic carbocycles. The number of rotatable bonds is 6. The highest BCUT2D eigenvalue weighted by molar-refractivity contribution is 6.13. The van der Waals surface area contributed by atoms with E-state index in [1.807, 2.05) is 18.2 Å². The van der Waals surface area contributed by atoms with Crippen molar-refractivity contribution in [1.29, 1.82) is 0 Å². The molecule has 5 aliphatic rings. The van der Waals surface area contributed by atoms with Crippen molar-refractivity contribution in [1.82, 2.24) is 35.1 Å². The van der Waals surface area contributed by atoms with Gasteiger partial charge in [0.1, 0.15) is 12.0 Å². The molecule has 3 unspecified atom stereocenters. The van der Waals surface area contributed by atoms with E-state index >= 15 is 0 Å². The van der Waals surface area contributed by atoms with Gasteiger partial charge in [0.05, 0.1) is 33.8 Å². The van der Waals surface area contributed by atoms with Crippen LogP contribution in [0.3, 0.4) is 0 Å². The molecule has 0 saturated carbocycles. The standard InChI is InChI=1S/C39H44N12O2/c1-49-17-18-51(21-32-41-28-8-4-6-25-33(28)36(43-32)45-47-38(25)52)16-13-30(49)24-9-10-29-35-34(24)39(53)48-46-37(35)44-31(42-29)20-50-14-11-22(12-15-50)26-19-40-27-7-3-2-5-23(26)27/h2-10,22,26,30,32,40-41H,11-21H2,1H3,(H,43,45)(H,47,52)(H,48,53)(H,42,44,46). The van der Waals surface area contributed by atoms with E-state index < -0.39 is 0 Å². The van der Waals surface area contributed by atoms with Gasteiger partial charge in [-0.3, -0.25) is 24.3 Å². The number of H-pyrrole nitrogens is 2. The number of fused-ring (bicyclic) bond motifs is 1. The van der Waals surface area contributed by atoms with Crippen LogP contribution in [-0.4, -0.2) is 107 Å². The molecule has 5 aliphatic heterocycles. The van der Waals surface area contributed by atoms with Gasteiger partial charge in [-0.05, 0) is 80.7 Å². The van der Waals surface area contributed by atoms with Crippen molar-refractivity contribution >= 4 is 56.1 Å². The molecule has 7 heterocycles. The summed E-state index contributed by atoms with van der Waals surface area (Å²) < 4.78 is 0. The van der Waals surface area contributed by atoms with Gasteiger partial charge in [0.25, 0.3) is 11.1 Å². The molecule has 0 radical (unpaired) electrons. The molecule has 5 aromatic rings. The fraction of sp³-hybridized carbons (Fsp3) is 0.410.